The molecule has 0 aliphatic heterocycles. The SMILES string of the molecule is COc1ccc(C)cc1NC(=NCc1ccccn1)NC(=O)c1ccc(C)c(NC(C)=O)c1. The summed E-state index contributed by atoms with van der Waals surface area (Å²) in [5, 5.41) is 8.73. The first-order valence-electron chi connectivity index (χ1n) is 10.4. The summed E-state index contributed by atoms with van der Waals surface area (Å²) in [6.45, 7) is 5.51. The Morgan fingerprint density at radius 2 is 1.82 bits per heavy atom. The summed E-state index contributed by atoms with van der Waals surface area (Å²) >= 11 is 0. The number of ether oxygens (including phenoxy) is 1. The molecule has 3 aromatic rings. The van der Waals surface area contributed by atoms with Gasteiger partial charge in [-0.15, -0.1) is 0 Å². The quantitative estimate of drug-likeness (QED) is 0.392. The number of aryl methyl sites for hydroxylation is 2. The number of nitrogens with zero attached hydrogens (tertiary/aromatic N) is 2. The van der Waals surface area contributed by atoms with Crippen LogP contribution in [0.3, 0.4) is 0 Å². The average Bonchev–Trinajstić information content (AvgIpc) is 2.79. The van der Waals surface area contributed by atoms with Crippen molar-refractivity contribution in [2.75, 3.05) is 17.7 Å². The van der Waals surface area contributed by atoms with Crippen molar-refractivity contribution in [2.24, 2.45) is 4.99 Å². The fourth-order valence-electron chi connectivity index (χ4n) is 3.08. The van der Waals surface area contributed by atoms with E-state index in [-0.39, 0.29) is 24.3 Å². The second kappa shape index (κ2) is 10.9. The summed E-state index contributed by atoms with van der Waals surface area (Å²) in [6, 6.07) is 16.4. The molecular weight excluding hydrogens is 418 g/mol. The Morgan fingerprint density at radius 3 is 2.52 bits per heavy atom. The lowest BCUT2D eigenvalue weighted by Gasteiger charge is -2.15. The highest BCUT2D eigenvalue weighted by Gasteiger charge is 2.14. The first kappa shape index (κ1) is 23.5. The van der Waals surface area contributed by atoms with Crippen LogP contribution >= 0.6 is 0 Å². The molecule has 170 valence electrons. The van der Waals surface area contributed by atoms with Crippen LogP contribution in [0.1, 0.15) is 34.1 Å². The number of pyridine rings is 1. The Kier molecular flexibility index (Phi) is 7.75. The summed E-state index contributed by atoms with van der Waals surface area (Å²) in [7, 11) is 1.58. The van der Waals surface area contributed by atoms with Crippen molar-refractivity contribution in [3.8, 4) is 5.75 Å². The zero-order valence-electron chi connectivity index (χ0n) is 19.1. The molecular formula is C25H27N5O3. The molecule has 0 saturated carbocycles. The van der Waals surface area contributed by atoms with E-state index in [2.05, 4.69) is 25.9 Å². The highest BCUT2D eigenvalue weighted by atomic mass is 16.5. The number of aliphatic imine (C=N–C) groups is 1. The number of carbonyl (C=O) groups is 2. The van der Waals surface area contributed by atoms with Gasteiger partial charge in [-0.3, -0.25) is 19.9 Å². The van der Waals surface area contributed by atoms with Crippen LogP contribution in [0.5, 0.6) is 5.75 Å². The monoisotopic (exact) mass is 445 g/mol. The number of carbonyl (C=O) groups excluding carboxylic acids is 2. The van der Waals surface area contributed by atoms with Gasteiger partial charge in [0, 0.05) is 24.4 Å². The van der Waals surface area contributed by atoms with E-state index in [1.165, 1.54) is 6.92 Å². The van der Waals surface area contributed by atoms with Crippen molar-refractivity contribution in [1.29, 1.82) is 0 Å². The Labute approximate surface area is 193 Å². The minimum absolute atomic E-state index is 0.207. The topological polar surface area (TPSA) is 105 Å². The summed E-state index contributed by atoms with van der Waals surface area (Å²) in [5.41, 5.74) is 4.26. The second-order valence-corrected chi connectivity index (χ2v) is 7.48. The standard InChI is InChI=1S/C25H27N5O3/c1-16-8-11-23(33-4)22(13-16)29-25(27-15-20-7-5-6-12-26-20)30-24(32)19-10-9-17(2)21(14-19)28-18(3)31/h5-14H,15H2,1-4H3,(H,28,31)(H2,27,29,30,32). The van der Waals surface area contributed by atoms with E-state index in [4.69, 9.17) is 4.74 Å². The molecule has 3 N–H and O–H groups in total. The fourth-order valence-corrected chi connectivity index (χ4v) is 3.08. The Balaban J connectivity index is 1.88. The van der Waals surface area contributed by atoms with Gasteiger partial charge in [-0.1, -0.05) is 18.2 Å². The van der Waals surface area contributed by atoms with Crippen LogP contribution in [-0.4, -0.2) is 29.9 Å². The van der Waals surface area contributed by atoms with E-state index in [0.29, 0.717) is 22.7 Å². The van der Waals surface area contributed by atoms with Crippen LogP contribution in [0.25, 0.3) is 0 Å². The van der Waals surface area contributed by atoms with Gasteiger partial charge in [0.05, 0.1) is 25.0 Å². The van der Waals surface area contributed by atoms with E-state index in [0.717, 1.165) is 16.8 Å². The number of rotatable bonds is 6. The van der Waals surface area contributed by atoms with Crippen LogP contribution in [0, 0.1) is 13.8 Å². The van der Waals surface area contributed by atoms with Gasteiger partial charge >= 0.3 is 0 Å². The molecule has 0 aliphatic carbocycles. The lowest BCUT2D eigenvalue weighted by atomic mass is 10.1. The average molecular weight is 446 g/mol. The first-order valence-corrected chi connectivity index (χ1v) is 10.4. The third-order valence-corrected chi connectivity index (χ3v) is 4.78. The van der Waals surface area contributed by atoms with Gasteiger partial charge in [-0.2, -0.15) is 0 Å². The van der Waals surface area contributed by atoms with Gasteiger partial charge < -0.3 is 15.4 Å². The maximum atomic E-state index is 13.0. The molecule has 2 amide bonds. The van der Waals surface area contributed by atoms with E-state index in [9.17, 15) is 9.59 Å². The molecule has 0 atom stereocenters. The molecule has 0 aliphatic rings. The molecule has 2 aromatic carbocycles. The lowest BCUT2D eigenvalue weighted by molar-refractivity contribution is -0.114. The number of guanidine groups is 1. The number of hydrogen-bond donors (Lipinski definition) is 3. The fraction of sp³-hybridized carbons (Fsp3) is 0.200. The molecule has 0 spiro atoms. The third kappa shape index (κ3) is 6.64. The van der Waals surface area contributed by atoms with Crippen molar-refractivity contribution >= 4 is 29.1 Å². The Hall–Kier alpha value is -4.20. The summed E-state index contributed by atoms with van der Waals surface area (Å²) in [4.78, 5) is 33.3. The van der Waals surface area contributed by atoms with Gasteiger partial charge in [0.2, 0.25) is 11.9 Å². The minimum atomic E-state index is -0.375. The van der Waals surface area contributed by atoms with E-state index in [1.54, 1.807) is 31.5 Å². The van der Waals surface area contributed by atoms with Crippen molar-refractivity contribution in [3.05, 3.63) is 83.2 Å². The number of benzene rings is 2. The number of anilines is 2. The van der Waals surface area contributed by atoms with E-state index in [1.807, 2.05) is 50.2 Å². The van der Waals surface area contributed by atoms with Crippen molar-refractivity contribution < 1.29 is 14.3 Å². The number of aromatic nitrogens is 1. The van der Waals surface area contributed by atoms with Crippen LogP contribution in [0.2, 0.25) is 0 Å². The molecule has 1 aromatic heterocycles. The Bertz CT molecular complexity index is 1180. The first-order chi connectivity index (χ1) is 15.9. The van der Waals surface area contributed by atoms with Gasteiger partial charge in [-0.05, 0) is 61.4 Å². The largest absolute Gasteiger partial charge is 0.495 e. The van der Waals surface area contributed by atoms with Gasteiger partial charge in [0.25, 0.3) is 5.91 Å². The summed E-state index contributed by atoms with van der Waals surface area (Å²) in [5.74, 6) is 0.279. The molecule has 33 heavy (non-hydrogen) atoms. The zero-order chi connectivity index (χ0) is 23.8. The number of hydrogen-bond acceptors (Lipinski definition) is 5. The zero-order valence-corrected chi connectivity index (χ0v) is 19.1. The van der Waals surface area contributed by atoms with Crippen LogP contribution in [-0.2, 0) is 11.3 Å². The maximum Gasteiger partial charge on any atom is 0.258 e. The molecule has 0 saturated heterocycles. The predicted octanol–water partition coefficient (Wildman–Crippen LogP) is 4.06. The molecule has 0 unspecified atom stereocenters. The van der Waals surface area contributed by atoms with Gasteiger partial charge in [-0.25, -0.2) is 4.99 Å². The lowest BCUT2D eigenvalue weighted by Crippen LogP contribution is -2.36. The van der Waals surface area contributed by atoms with Crippen molar-refractivity contribution in [1.82, 2.24) is 10.3 Å². The molecule has 1 heterocycles. The third-order valence-electron chi connectivity index (χ3n) is 4.78. The highest BCUT2D eigenvalue weighted by Crippen LogP contribution is 2.25. The van der Waals surface area contributed by atoms with Crippen LogP contribution in [0.15, 0.2) is 65.8 Å². The number of methoxy groups -OCH3 is 1. The van der Waals surface area contributed by atoms with Gasteiger partial charge in [0.1, 0.15) is 5.75 Å². The van der Waals surface area contributed by atoms with Crippen molar-refractivity contribution in [2.45, 2.75) is 27.3 Å². The predicted molar refractivity (Wildman–Crippen MR) is 130 cm³/mol. The number of amides is 2. The van der Waals surface area contributed by atoms with E-state index >= 15 is 0 Å². The molecule has 0 fully saturated rings. The normalized spacial score (nSPS) is 11.0. The van der Waals surface area contributed by atoms with Crippen LogP contribution < -0.4 is 20.7 Å². The molecule has 8 nitrogen and oxygen atoms in total. The number of nitrogens with one attached hydrogen (secondary N) is 3. The maximum absolute atomic E-state index is 13.0. The van der Waals surface area contributed by atoms with E-state index < -0.39 is 0 Å². The van der Waals surface area contributed by atoms with Gasteiger partial charge in [0.15, 0.2) is 0 Å². The smallest absolute Gasteiger partial charge is 0.258 e. The molecule has 0 radical (unpaired) electrons. The molecule has 0 bridgehead atoms. The van der Waals surface area contributed by atoms with Crippen LogP contribution in [0.4, 0.5) is 11.4 Å². The minimum Gasteiger partial charge on any atom is -0.495 e. The summed E-state index contributed by atoms with van der Waals surface area (Å²) in [6.07, 6.45) is 1.69. The Morgan fingerprint density at radius 1 is 1.00 bits per heavy atom. The highest BCUT2D eigenvalue weighted by molar-refractivity contribution is 6.10. The van der Waals surface area contributed by atoms with Crippen molar-refractivity contribution in [3.63, 3.8) is 0 Å². The second-order valence-electron chi connectivity index (χ2n) is 7.48. The molecule has 3 rings (SSSR count). The molecule has 8 heteroatoms. The summed E-state index contributed by atoms with van der Waals surface area (Å²) < 4.78 is 5.44.